The zero-order valence-corrected chi connectivity index (χ0v) is 9.33. The average Bonchev–Trinajstić information content (AvgIpc) is 2.05. The Hall–Kier alpha value is -0.150. The topological polar surface area (TPSA) is 31.4 Å². The van der Waals surface area contributed by atoms with Crippen LogP contribution in [-0.4, -0.2) is 4.98 Å². The maximum atomic E-state index is 5.78. The smallest absolute Gasteiger partial charge is 0.334 e. The summed E-state index contributed by atoms with van der Waals surface area (Å²) in [5.41, 5.74) is 1.97. The first-order valence-corrected chi connectivity index (χ1v) is 7.20. The Morgan fingerprint density at radius 2 is 2.46 bits per heavy atom. The highest BCUT2D eigenvalue weighted by Crippen LogP contribution is 2.57. The van der Waals surface area contributed by atoms with Crippen molar-refractivity contribution in [2.24, 2.45) is 0 Å². The Morgan fingerprint density at radius 1 is 1.69 bits per heavy atom. The van der Waals surface area contributed by atoms with Crippen LogP contribution in [0.2, 0.25) is 0 Å². The fraction of sp³-hybridized carbons (Fsp3) is 0.286. The second kappa shape index (κ2) is 3.21. The van der Waals surface area contributed by atoms with Crippen LogP contribution in [0.25, 0.3) is 0 Å². The van der Waals surface area contributed by atoms with E-state index in [2.05, 4.69) is 4.98 Å². The van der Waals surface area contributed by atoms with Crippen molar-refractivity contribution in [1.29, 1.82) is 0 Å². The van der Waals surface area contributed by atoms with Gasteiger partial charge in [0.1, 0.15) is 0 Å². The number of rotatable bonds is 0. The molecule has 70 valence electrons. The van der Waals surface area contributed by atoms with Gasteiger partial charge in [0.25, 0.3) is 0 Å². The Kier molecular flexibility index (Phi) is 2.32. The lowest BCUT2D eigenvalue weighted by Gasteiger charge is -2.22. The van der Waals surface area contributed by atoms with Gasteiger partial charge in [0.05, 0.1) is 6.61 Å². The van der Waals surface area contributed by atoms with Crippen LogP contribution in [0.15, 0.2) is 12.3 Å². The summed E-state index contributed by atoms with van der Waals surface area (Å²) in [4.78, 5) is 4.09. The van der Waals surface area contributed by atoms with Gasteiger partial charge >= 0.3 is 5.84 Å². The molecule has 0 fully saturated rings. The van der Waals surface area contributed by atoms with Gasteiger partial charge in [-0.2, -0.15) is 0 Å². The van der Waals surface area contributed by atoms with E-state index < -0.39 is 5.84 Å². The van der Waals surface area contributed by atoms with Crippen LogP contribution in [-0.2, 0) is 22.9 Å². The third-order valence-corrected chi connectivity index (χ3v) is 3.50. The van der Waals surface area contributed by atoms with Crippen molar-refractivity contribution in [3.05, 3.63) is 23.4 Å². The van der Waals surface area contributed by atoms with Crippen molar-refractivity contribution >= 4 is 28.9 Å². The predicted molar refractivity (Wildman–Crippen MR) is 54.5 cm³/mol. The molecule has 1 atom stereocenters. The van der Waals surface area contributed by atoms with Gasteiger partial charge in [0.15, 0.2) is 0 Å². The first-order valence-electron chi connectivity index (χ1n) is 3.66. The molecular weight excluding hydrogens is 229 g/mol. The largest absolute Gasteiger partial charge is 0.414 e. The van der Waals surface area contributed by atoms with E-state index in [1.807, 2.05) is 13.0 Å². The molecule has 0 N–H and O–H groups in total. The highest BCUT2D eigenvalue weighted by Gasteiger charge is 2.25. The number of hydrogen-bond acceptors (Lipinski definition) is 4. The van der Waals surface area contributed by atoms with E-state index in [1.54, 1.807) is 6.20 Å². The lowest BCUT2D eigenvalue weighted by atomic mass is 10.2. The van der Waals surface area contributed by atoms with Crippen molar-refractivity contribution in [1.82, 2.24) is 4.98 Å². The summed E-state index contributed by atoms with van der Waals surface area (Å²) in [5.74, 6) is -2.08. The lowest BCUT2D eigenvalue weighted by Crippen LogP contribution is -2.05. The van der Waals surface area contributed by atoms with E-state index in [1.165, 1.54) is 0 Å². The quantitative estimate of drug-likeness (QED) is 0.647. The van der Waals surface area contributed by atoms with Crippen LogP contribution in [0.1, 0.15) is 11.1 Å². The first kappa shape index (κ1) is 9.41. The molecule has 0 aliphatic carbocycles. The minimum Gasteiger partial charge on any atom is -0.414 e. The van der Waals surface area contributed by atoms with Gasteiger partial charge in [0, 0.05) is 11.8 Å². The van der Waals surface area contributed by atoms with Crippen LogP contribution in [0, 0.1) is 6.92 Å². The number of fused-ring (bicyclic) bond motifs is 1. The average molecular weight is 236 g/mol. The van der Waals surface area contributed by atoms with Gasteiger partial charge in [-0.15, -0.1) is 0 Å². The molecule has 0 bridgehead atoms. The van der Waals surface area contributed by atoms with Crippen LogP contribution in [0.3, 0.4) is 0 Å². The van der Waals surface area contributed by atoms with Crippen molar-refractivity contribution in [3.8, 4) is 5.88 Å². The maximum absolute atomic E-state index is 5.78. The molecule has 1 aliphatic heterocycles. The van der Waals surface area contributed by atoms with Gasteiger partial charge in [-0.25, -0.2) is 4.98 Å². The molecule has 2 heterocycles. The molecule has 1 aliphatic rings. The molecule has 0 radical (unpaired) electrons. The molecule has 0 amide bonds. The van der Waals surface area contributed by atoms with E-state index >= 15 is 0 Å². The SMILES string of the molecule is Cc1cnc2c(c1)COP(=S)(Cl)O2. The number of pyridine rings is 1. The minimum absolute atomic E-state index is 0.394. The fourth-order valence-corrected chi connectivity index (χ4v) is 2.51. The zero-order chi connectivity index (χ0) is 9.47. The molecule has 2 rings (SSSR count). The van der Waals surface area contributed by atoms with Crippen molar-refractivity contribution in [3.63, 3.8) is 0 Å². The van der Waals surface area contributed by atoms with Gasteiger partial charge < -0.3 is 9.05 Å². The third kappa shape index (κ3) is 2.02. The first-order chi connectivity index (χ1) is 6.07. The number of aromatic nitrogens is 1. The van der Waals surface area contributed by atoms with E-state index in [-0.39, 0.29) is 0 Å². The van der Waals surface area contributed by atoms with E-state index in [9.17, 15) is 0 Å². The van der Waals surface area contributed by atoms with Crippen LogP contribution in [0.4, 0.5) is 0 Å². The Morgan fingerprint density at radius 3 is 3.23 bits per heavy atom. The van der Waals surface area contributed by atoms with Crippen LogP contribution in [0.5, 0.6) is 5.88 Å². The molecule has 0 saturated carbocycles. The molecule has 0 aromatic carbocycles. The summed E-state index contributed by atoms with van der Waals surface area (Å²) in [6.07, 6.45) is 1.72. The highest BCUT2D eigenvalue weighted by molar-refractivity contribution is 8.22. The Bertz CT molecular complexity index is 398. The molecular formula is C7H7ClNO2PS. The van der Waals surface area contributed by atoms with Crippen molar-refractivity contribution in [2.75, 3.05) is 0 Å². The fourth-order valence-electron chi connectivity index (χ4n) is 1.08. The van der Waals surface area contributed by atoms with E-state index in [0.717, 1.165) is 11.1 Å². The number of nitrogens with zero attached hydrogens (tertiary/aromatic N) is 1. The zero-order valence-electron chi connectivity index (χ0n) is 6.86. The summed E-state index contributed by atoms with van der Waals surface area (Å²) in [7, 11) is 0. The van der Waals surface area contributed by atoms with E-state index in [0.29, 0.717) is 12.5 Å². The second-order valence-electron chi connectivity index (χ2n) is 2.77. The summed E-state index contributed by atoms with van der Waals surface area (Å²) < 4.78 is 10.4. The van der Waals surface area contributed by atoms with Gasteiger partial charge in [-0.1, -0.05) is 0 Å². The minimum atomic E-state index is -2.59. The summed E-state index contributed by atoms with van der Waals surface area (Å²) in [6.45, 7) is 2.35. The summed E-state index contributed by atoms with van der Waals surface area (Å²) >= 11 is 10.7. The molecule has 0 spiro atoms. The summed E-state index contributed by atoms with van der Waals surface area (Å²) in [6, 6.07) is 1.95. The Balaban J connectivity index is 2.43. The normalized spacial score (nSPS) is 26.3. The third-order valence-electron chi connectivity index (χ3n) is 1.63. The Labute approximate surface area is 86.0 Å². The van der Waals surface area contributed by atoms with Crippen LogP contribution < -0.4 is 4.52 Å². The molecule has 1 aromatic rings. The van der Waals surface area contributed by atoms with Crippen molar-refractivity contribution < 1.29 is 9.05 Å². The lowest BCUT2D eigenvalue weighted by molar-refractivity contribution is 0.281. The standard InChI is InChI=1S/C7H7ClNO2PS/c1-5-2-6-4-10-12(8,13)11-7(6)9-3-5/h2-3H,4H2,1H3. The number of halogens is 1. The predicted octanol–water partition coefficient (Wildman–Crippen LogP) is 2.76. The molecule has 6 heteroatoms. The maximum Gasteiger partial charge on any atom is 0.334 e. The number of hydrogen-bond donors (Lipinski definition) is 0. The van der Waals surface area contributed by atoms with Gasteiger partial charge in [-0.3, -0.25) is 0 Å². The molecule has 13 heavy (non-hydrogen) atoms. The molecule has 0 saturated heterocycles. The van der Waals surface area contributed by atoms with E-state index in [4.69, 9.17) is 32.1 Å². The summed E-state index contributed by atoms with van der Waals surface area (Å²) in [5, 5.41) is 0. The number of aryl methyl sites for hydroxylation is 1. The monoisotopic (exact) mass is 235 g/mol. The van der Waals surface area contributed by atoms with Crippen molar-refractivity contribution in [2.45, 2.75) is 13.5 Å². The second-order valence-corrected chi connectivity index (χ2v) is 7.45. The highest BCUT2D eigenvalue weighted by atomic mass is 35.7. The molecule has 1 aromatic heterocycles. The molecule has 1 unspecified atom stereocenters. The van der Waals surface area contributed by atoms with Gasteiger partial charge in [-0.05, 0) is 41.6 Å². The molecule has 3 nitrogen and oxygen atoms in total. The van der Waals surface area contributed by atoms with Crippen LogP contribution >= 0.6 is 17.1 Å². The van der Waals surface area contributed by atoms with Gasteiger partial charge in [0.2, 0.25) is 5.88 Å².